The molecule has 0 spiro atoms. The minimum Gasteiger partial charge on any atom is -0.294 e. The van der Waals surface area contributed by atoms with Crippen LogP contribution in [-0.4, -0.2) is 5.78 Å². The Morgan fingerprint density at radius 1 is 0.938 bits per heavy atom. The third kappa shape index (κ3) is 1.68. The molecule has 3 rings (SSSR count). The van der Waals surface area contributed by atoms with Crippen LogP contribution in [0.2, 0.25) is 0 Å². The molecule has 1 aromatic rings. The van der Waals surface area contributed by atoms with Crippen molar-refractivity contribution in [3.63, 3.8) is 0 Å². The molecule has 0 bridgehead atoms. The highest BCUT2D eigenvalue weighted by Gasteiger charge is 2.26. The number of rotatable bonds is 3. The van der Waals surface area contributed by atoms with Crippen LogP contribution in [0, 0.1) is 5.92 Å². The summed E-state index contributed by atoms with van der Waals surface area (Å²) < 4.78 is 0. The molecule has 2 aliphatic rings. The lowest BCUT2D eigenvalue weighted by Crippen LogP contribution is -2.22. The first-order valence-corrected chi connectivity index (χ1v) is 6.49. The fraction of sp³-hybridized carbons (Fsp3) is 0.533. The van der Waals surface area contributed by atoms with Gasteiger partial charge in [0.1, 0.15) is 0 Å². The highest BCUT2D eigenvalue weighted by molar-refractivity contribution is 5.98. The second kappa shape index (κ2) is 4.04. The van der Waals surface area contributed by atoms with E-state index in [-0.39, 0.29) is 0 Å². The topological polar surface area (TPSA) is 17.1 Å². The normalized spacial score (nSPS) is 21.2. The summed E-state index contributed by atoms with van der Waals surface area (Å²) in [5, 5.41) is 0. The molecule has 84 valence electrons. The average Bonchev–Trinajstić information content (AvgIpc) is 2.13. The monoisotopic (exact) mass is 214 g/mol. The summed E-state index contributed by atoms with van der Waals surface area (Å²) in [4.78, 5) is 12.0. The Labute approximate surface area is 96.9 Å². The molecule has 0 N–H and O–H groups in total. The van der Waals surface area contributed by atoms with Crippen LogP contribution in [0.25, 0.3) is 0 Å². The number of carbonyl (C=O) groups is 1. The molecule has 2 saturated carbocycles. The largest absolute Gasteiger partial charge is 0.294 e. The van der Waals surface area contributed by atoms with Crippen molar-refractivity contribution in [2.45, 2.75) is 44.4 Å². The lowest BCUT2D eigenvalue weighted by atomic mass is 9.78. The highest BCUT2D eigenvalue weighted by atomic mass is 16.1. The average molecular weight is 214 g/mol. The van der Waals surface area contributed by atoms with Gasteiger partial charge in [-0.2, -0.15) is 0 Å². The molecule has 0 saturated heterocycles. The molecule has 0 radical (unpaired) electrons. The van der Waals surface area contributed by atoms with Crippen LogP contribution >= 0.6 is 0 Å². The van der Waals surface area contributed by atoms with E-state index in [9.17, 15) is 4.79 Å². The number of hydrogen-bond donors (Lipinski definition) is 0. The smallest absolute Gasteiger partial charge is 0.165 e. The molecular formula is C15H18O. The van der Waals surface area contributed by atoms with Crippen molar-refractivity contribution < 1.29 is 4.79 Å². The Balaban J connectivity index is 1.73. The highest BCUT2D eigenvalue weighted by Crippen LogP contribution is 2.36. The van der Waals surface area contributed by atoms with Crippen LogP contribution in [0.5, 0.6) is 0 Å². The van der Waals surface area contributed by atoms with E-state index in [0.717, 1.165) is 24.3 Å². The lowest BCUT2D eigenvalue weighted by molar-refractivity contribution is 0.0855. The van der Waals surface area contributed by atoms with Gasteiger partial charge in [0, 0.05) is 11.5 Å². The van der Waals surface area contributed by atoms with E-state index in [1.54, 1.807) is 0 Å². The molecular weight excluding hydrogens is 196 g/mol. The second-order valence-electron chi connectivity index (χ2n) is 5.24. The van der Waals surface area contributed by atoms with Crippen LogP contribution in [0.1, 0.15) is 60.4 Å². The van der Waals surface area contributed by atoms with E-state index in [4.69, 9.17) is 0 Å². The molecule has 0 unspecified atom stereocenters. The number of ketones is 1. The fourth-order valence-electron chi connectivity index (χ4n) is 2.57. The first kappa shape index (κ1) is 10.1. The number of Topliss-reactive ketones (excluding diaryl/α,β-unsaturated/α-hetero) is 1. The molecule has 0 aliphatic heterocycles. The fourth-order valence-corrected chi connectivity index (χ4v) is 2.57. The SMILES string of the molecule is O=C(c1ccc(C2CCC2)cc1)C1CCC1. The first-order valence-electron chi connectivity index (χ1n) is 6.49. The van der Waals surface area contributed by atoms with E-state index in [1.807, 2.05) is 12.1 Å². The molecule has 1 aromatic carbocycles. The molecule has 2 fully saturated rings. The predicted octanol–water partition coefficient (Wildman–Crippen LogP) is 3.94. The Hall–Kier alpha value is -1.11. The van der Waals surface area contributed by atoms with Gasteiger partial charge in [0.15, 0.2) is 5.78 Å². The summed E-state index contributed by atoms with van der Waals surface area (Å²) >= 11 is 0. The van der Waals surface area contributed by atoms with Gasteiger partial charge in [-0.3, -0.25) is 4.79 Å². The second-order valence-corrected chi connectivity index (χ2v) is 5.24. The molecule has 0 amide bonds. The van der Waals surface area contributed by atoms with Crippen LogP contribution in [0.3, 0.4) is 0 Å². The number of hydrogen-bond acceptors (Lipinski definition) is 1. The minimum absolute atomic E-state index is 0.328. The maximum atomic E-state index is 12.0. The van der Waals surface area contributed by atoms with Crippen molar-refractivity contribution in [2.24, 2.45) is 5.92 Å². The summed E-state index contributed by atoms with van der Waals surface area (Å²) in [5.74, 6) is 1.47. The zero-order valence-corrected chi connectivity index (χ0v) is 9.61. The van der Waals surface area contributed by atoms with Gasteiger partial charge in [-0.05, 0) is 37.2 Å². The van der Waals surface area contributed by atoms with Crippen molar-refractivity contribution in [2.75, 3.05) is 0 Å². The Morgan fingerprint density at radius 2 is 1.56 bits per heavy atom. The summed E-state index contributed by atoms with van der Waals surface area (Å²) in [7, 11) is 0. The summed E-state index contributed by atoms with van der Waals surface area (Å²) in [6.07, 6.45) is 7.46. The van der Waals surface area contributed by atoms with E-state index in [1.165, 1.54) is 31.2 Å². The van der Waals surface area contributed by atoms with E-state index in [0.29, 0.717) is 11.7 Å². The zero-order valence-electron chi connectivity index (χ0n) is 9.61. The van der Waals surface area contributed by atoms with Gasteiger partial charge < -0.3 is 0 Å². The van der Waals surface area contributed by atoms with Gasteiger partial charge >= 0.3 is 0 Å². The third-order valence-electron chi connectivity index (χ3n) is 4.25. The number of benzene rings is 1. The van der Waals surface area contributed by atoms with E-state index in [2.05, 4.69) is 12.1 Å². The van der Waals surface area contributed by atoms with Gasteiger partial charge in [0.2, 0.25) is 0 Å². The van der Waals surface area contributed by atoms with E-state index >= 15 is 0 Å². The molecule has 1 heteroatoms. The Kier molecular flexibility index (Phi) is 2.55. The standard InChI is InChI=1S/C15H18O/c16-15(13-5-2-6-13)14-9-7-12(8-10-14)11-3-1-4-11/h7-11,13H,1-6H2. The van der Waals surface area contributed by atoms with Crippen LogP contribution in [0.15, 0.2) is 24.3 Å². The predicted molar refractivity (Wildman–Crippen MR) is 64.7 cm³/mol. The molecule has 1 nitrogen and oxygen atoms in total. The quantitative estimate of drug-likeness (QED) is 0.696. The van der Waals surface area contributed by atoms with Crippen molar-refractivity contribution in [3.8, 4) is 0 Å². The van der Waals surface area contributed by atoms with Crippen LogP contribution in [0.4, 0.5) is 0 Å². The maximum absolute atomic E-state index is 12.0. The van der Waals surface area contributed by atoms with Crippen LogP contribution in [-0.2, 0) is 0 Å². The zero-order chi connectivity index (χ0) is 11.0. The summed E-state index contributed by atoms with van der Waals surface area (Å²) in [5.41, 5.74) is 2.35. The molecule has 0 aromatic heterocycles. The molecule has 16 heavy (non-hydrogen) atoms. The Morgan fingerprint density at radius 3 is 2.00 bits per heavy atom. The summed E-state index contributed by atoms with van der Waals surface area (Å²) in [6.45, 7) is 0. The number of carbonyl (C=O) groups excluding carboxylic acids is 1. The van der Waals surface area contributed by atoms with Crippen molar-refractivity contribution in [1.29, 1.82) is 0 Å². The molecule has 2 aliphatic carbocycles. The first-order chi connectivity index (χ1) is 7.84. The summed E-state index contributed by atoms with van der Waals surface area (Å²) in [6, 6.07) is 8.40. The van der Waals surface area contributed by atoms with Crippen LogP contribution < -0.4 is 0 Å². The van der Waals surface area contributed by atoms with Crippen molar-refractivity contribution >= 4 is 5.78 Å². The van der Waals surface area contributed by atoms with Crippen molar-refractivity contribution in [1.82, 2.24) is 0 Å². The maximum Gasteiger partial charge on any atom is 0.165 e. The van der Waals surface area contributed by atoms with Gasteiger partial charge in [-0.15, -0.1) is 0 Å². The van der Waals surface area contributed by atoms with Crippen molar-refractivity contribution in [3.05, 3.63) is 35.4 Å². The molecule has 0 atom stereocenters. The van der Waals surface area contributed by atoms with Gasteiger partial charge in [0.05, 0.1) is 0 Å². The minimum atomic E-state index is 0.328. The van der Waals surface area contributed by atoms with Gasteiger partial charge in [-0.25, -0.2) is 0 Å². The third-order valence-corrected chi connectivity index (χ3v) is 4.25. The van der Waals surface area contributed by atoms with Gasteiger partial charge in [0.25, 0.3) is 0 Å². The van der Waals surface area contributed by atoms with Gasteiger partial charge in [-0.1, -0.05) is 37.1 Å². The molecule has 0 heterocycles. The lowest BCUT2D eigenvalue weighted by Gasteiger charge is -2.26. The Bertz CT molecular complexity index is 382. The van der Waals surface area contributed by atoms with E-state index < -0.39 is 0 Å².